The Morgan fingerprint density at radius 1 is 1.13 bits per heavy atom. The van der Waals surface area contributed by atoms with Crippen molar-refractivity contribution in [1.29, 1.82) is 5.26 Å². The van der Waals surface area contributed by atoms with E-state index in [9.17, 15) is 0 Å². The van der Waals surface area contributed by atoms with Crippen LogP contribution in [0.5, 0.6) is 11.5 Å². The zero-order valence-electron chi connectivity index (χ0n) is 12.7. The van der Waals surface area contributed by atoms with Crippen LogP contribution < -0.4 is 14.4 Å². The Morgan fingerprint density at radius 3 is 2.78 bits per heavy atom. The third-order valence-corrected chi connectivity index (χ3v) is 4.40. The third-order valence-electron chi connectivity index (χ3n) is 4.40. The number of ether oxygens (including phenoxy) is 2. The van der Waals surface area contributed by atoms with Gasteiger partial charge < -0.3 is 14.4 Å². The second-order valence-corrected chi connectivity index (χ2v) is 5.77. The van der Waals surface area contributed by atoms with Crippen molar-refractivity contribution in [2.75, 3.05) is 24.7 Å². The van der Waals surface area contributed by atoms with E-state index in [-0.39, 0.29) is 0 Å². The maximum Gasteiger partial charge on any atom is 0.161 e. The number of rotatable bonds is 2. The lowest BCUT2D eigenvalue weighted by molar-refractivity contribution is 0.171. The van der Waals surface area contributed by atoms with Gasteiger partial charge in [-0.05, 0) is 42.7 Å². The number of nitriles is 1. The van der Waals surface area contributed by atoms with Crippen LogP contribution in [0.1, 0.15) is 30.1 Å². The van der Waals surface area contributed by atoms with Crippen molar-refractivity contribution in [3.05, 3.63) is 47.8 Å². The molecule has 1 aromatic carbocycles. The van der Waals surface area contributed by atoms with Crippen molar-refractivity contribution in [3.8, 4) is 17.6 Å². The molecule has 2 aliphatic heterocycles. The molecule has 116 valence electrons. The first kappa shape index (κ1) is 13.9. The molecule has 5 heteroatoms. The minimum atomic E-state index is 0.306. The molecule has 2 aliphatic rings. The summed E-state index contributed by atoms with van der Waals surface area (Å²) in [6, 6.07) is 12.3. The fourth-order valence-electron chi connectivity index (χ4n) is 3.31. The summed E-state index contributed by atoms with van der Waals surface area (Å²) in [7, 11) is 0. The van der Waals surface area contributed by atoms with Crippen molar-refractivity contribution < 1.29 is 9.47 Å². The molecule has 1 aromatic heterocycles. The van der Waals surface area contributed by atoms with Crippen LogP contribution in [0.25, 0.3) is 0 Å². The summed E-state index contributed by atoms with van der Waals surface area (Å²) in [5, 5.41) is 8.88. The van der Waals surface area contributed by atoms with Crippen LogP contribution in [-0.2, 0) is 0 Å². The van der Waals surface area contributed by atoms with Crippen LogP contribution in [0.4, 0.5) is 5.69 Å². The smallest absolute Gasteiger partial charge is 0.161 e. The molecular weight excluding hydrogens is 290 g/mol. The largest absolute Gasteiger partial charge is 0.486 e. The molecule has 4 rings (SSSR count). The molecular formula is C18H17N3O2. The Labute approximate surface area is 135 Å². The molecule has 5 nitrogen and oxygen atoms in total. The van der Waals surface area contributed by atoms with Gasteiger partial charge in [0.15, 0.2) is 11.5 Å². The van der Waals surface area contributed by atoms with Crippen molar-refractivity contribution in [3.63, 3.8) is 0 Å². The molecule has 0 bridgehead atoms. The molecule has 0 spiro atoms. The fourth-order valence-corrected chi connectivity index (χ4v) is 3.31. The number of hydrogen-bond donors (Lipinski definition) is 0. The lowest BCUT2D eigenvalue weighted by Gasteiger charge is -2.28. The molecule has 0 N–H and O–H groups in total. The van der Waals surface area contributed by atoms with E-state index in [2.05, 4.69) is 28.1 Å². The minimum Gasteiger partial charge on any atom is -0.486 e. The van der Waals surface area contributed by atoms with Gasteiger partial charge in [0, 0.05) is 6.54 Å². The number of benzene rings is 1. The summed E-state index contributed by atoms with van der Waals surface area (Å²) in [5.41, 5.74) is 2.74. The highest BCUT2D eigenvalue weighted by Crippen LogP contribution is 2.39. The Kier molecular flexibility index (Phi) is 3.51. The van der Waals surface area contributed by atoms with Gasteiger partial charge in [-0.1, -0.05) is 6.07 Å². The van der Waals surface area contributed by atoms with E-state index in [0.717, 1.165) is 36.6 Å². The van der Waals surface area contributed by atoms with Crippen molar-refractivity contribution >= 4 is 5.69 Å². The number of anilines is 1. The average Bonchev–Trinajstić information content (AvgIpc) is 3.11. The minimum absolute atomic E-state index is 0.306. The second-order valence-electron chi connectivity index (χ2n) is 5.77. The number of pyridine rings is 1. The molecule has 1 unspecified atom stereocenters. The second kappa shape index (κ2) is 5.81. The maximum absolute atomic E-state index is 8.88. The molecule has 3 heterocycles. The summed E-state index contributed by atoms with van der Waals surface area (Å²) in [6.07, 6.45) is 4.02. The van der Waals surface area contributed by atoms with Crippen molar-refractivity contribution in [2.24, 2.45) is 0 Å². The van der Waals surface area contributed by atoms with Crippen molar-refractivity contribution in [2.45, 2.75) is 18.9 Å². The third kappa shape index (κ3) is 2.57. The molecule has 0 aliphatic carbocycles. The standard InChI is InChI=1S/C18H17N3O2/c19-11-14-4-5-15(12-20-14)21-7-1-2-16(21)13-3-6-17-18(10-13)23-9-8-22-17/h3-6,10,12,16H,1-2,7-9H2. The van der Waals surface area contributed by atoms with Crippen LogP contribution in [0.3, 0.4) is 0 Å². The molecule has 1 fully saturated rings. The van der Waals surface area contributed by atoms with Crippen molar-refractivity contribution in [1.82, 2.24) is 4.98 Å². The Morgan fingerprint density at radius 2 is 2.00 bits per heavy atom. The first-order valence-corrected chi connectivity index (χ1v) is 7.87. The summed E-state index contributed by atoms with van der Waals surface area (Å²) >= 11 is 0. The van der Waals surface area contributed by atoms with Gasteiger partial charge in [0.25, 0.3) is 0 Å². The summed E-state index contributed by atoms with van der Waals surface area (Å²) in [4.78, 5) is 6.54. The highest BCUT2D eigenvalue weighted by atomic mass is 16.6. The van der Waals surface area contributed by atoms with Crippen LogP contribution in [0.15, 0.2) is 36.5 Å². The SMILES string of the molecule is N#Cc1ccc(N2CCCC2c2ccc3c(c2)OCCO3)cn1. The maximum atomic E-state index is 8.88. The summed E-state index contributed by atoms with van der Waals surface area (Å²) < 4.78 is 11.3. The molecule has 0 radical (unpaired) electrons. The molecule has 2 aromatic rings. The molecule has 1 atom stereocenters. The van der Waals surface area contributed by atoms with Gasteiger partial charge in [0.05, 0.1) is 17.9 Å². The molecule has 23 heavy (non-hydrogen) atoms. The number of aromatic nitrogens is 1. The Bertz CT molecular complexity index is 752. The van der Waals surface area contributed by atoms with Gasteiger partial charge >= 0.3 is 0 Å². The summed E-state index contributed by atoms with van der Waals surface area (Å²) in [6.45, 7) is 2.20. The Balaban J connectivity index is 1.63. The van der Waals surface area contributed by atoms with Gasteiger partial charge in [-0.15, -0.1) is 0 Å². The van der Waals surface area contributed by atoms with Crippen LogP contribution in [0, 0.1) is 11.3 Å². The predicted octanol–water partition coefficient (Wildman–Crippen LogP) is 3.07. The zero-order valence-corrected chi connectivity index (χ0v) is 12.7. The molecule has 0 saturated carbocycles. The molecule has 1 saturated heterocycles. The first-order chi connectivity index (χ1) is 11.3. The van der Waals surface area contributed by atoms with E-state index >= 15 is 0 Å². The van der Waals surface area contributed by atoms with Gasteiger partial charge in [-0.25, -0.2) is 4.98 Å². The van der Waals surface area contributed by atoms with E-state index in [1.165, 1.54) is 5.56 Å². The van der Waals surface area contributed by atoms with Gasteiger partial charge in [-0.3, -0.25) is 0 Å². The van der Waals surface area contributed by atoms with E-state index in [1.807, 2.05) is 12.1 Å². The predicted molar refractivity (Wildman–Crippen MR) is 85.7 cm³/mol. The Hall–Kier alpha value is -2.74. The first-order valence-electron chi connectivity index (χ1n) is 7.87. The highest BCUT2D eigenvalue weighted by Gasteiger charge is 2.27. The van der Waals surface area contributed by atoms with Crippen LogP contribution >= 0.6 is 0 Å². The van der Waals surface area contributed by atoms with Gasteiger partial charge in [0.2, 0.25) is 0 Å². The van der Waals surface area contributed by atoms with E-state index in [0.29, 0.717) is 24.9 Å². The quantitative estimate of drug-likeness (QED) is 0.853. The fraction of sp³-hybridized carbons (Fsp3) is 0.333. The number of nitrogens with zero attached hydrogens (tertiary/aromatic N) is 3. The normalized spacial score (nSPS) is 19.4. The lowest BCUT2D eigenvalue weighted by Crippen LogP contribution is -2.23. The number of hydrogen-bond acceptors (Lipinski definition) is 5. The average molecular weight is 307 g/mol. The van der Waals surface area contributed by atoms with Gasteiger partial charge in [0.1, 0.15) is 25.0 Å². The van der Waals surface area contributed by atoms with E-state index in [4.69, 9.17) is 14.7 Å². The molecule has 0 amide bonds. The summed E-state index contributed by atoms with van der Waals surface area (Å²) in [5.74, 6) is 1.66. The van der Waals surface area contributed by atoms with Gasteiger partial charge in [-0.2, -0.15) is 5.26 Å². The van der Waals surface area contributed by atoms with Crippen LogP contribution in [-0.4, -0.2) is 24.7 Å². The van der Waals surface area contributed by atoms with E-state index in [1.54, 1.807) is 12.3 Å². The monoisotopic (exact) mass is 307 g/mol. The zero-order chi connectivity index (χ0) is 15.6. The van der Waals surface area contributed by atoms with E-state index < -0.39 is 0 Å². The topological polar surface area (TPSA) is 58.4 Å². The lowest BCUT2D eigenvalue weighted by atomic mass is 10.0. The highest BCUT2D eigenvalue weighted by molar-refractivity contribution is 5.52. The van der Waals surface area contributed by atoms with Crippen LogP contribution in [0.2, 0.25) is 0 Å². The number of fused-ring (bicyclic) bond motifs is 1.